The van der Waals surface area contributed by atoms with Crippen molar-refractivity contribution in [3.63, 3.8) is 0 Å². The molecule has 2 fully saturated rings. The lowest BCUT2D eigenvalue weighted by Crippen LogP contribution is -2.63. The van der Waals surface area contributed by atoms with E-state index in [1.807, 2.05) is 18.7 Å². The molecule has 2 N–H and O–H groups in total. The maximum Gasteiger partial charge on any atom is 0.346 e. The summed E-state index contributed by atoms with van der Waals surface area (Å²) in [6.45, 7) is 4.10. The fourth-order valence-corrected chi connectivity index (χ4v) is 4.13. The summed E-state index contributed by atoms with van der Waals surface area (Å²) in [5, 5.41) is 0. The molecule has 2 saturated heterocycles. The zero-order chi connectivity index (χ0) is 13.1. The monoisotopic (exact) mass is 250 g/mol. The fraction of sp³-hybridized carbons (Fsp3) is 0.846. The Hall–Kier alpha value is -1.10. The quantitative estimate of drug-likeness (QED) is 0.760. The van der Waals surface area contributed by atoms with Gasteiger partial charge in [-0.1, -0.05) is 0 Å². The first-order valence-corrected chi connectivity index (χ1v) is 6.85. The molecule has 3 heterocycles. The fourth-order valence-electron chi connectivity index (χ4n) is 4.13. The Morgan fingerprint density at radius 1 is 1.33 bits per heavy atom. The van der Waals surface area contributed by atoms with E-state index in [9.17, 15) is 4.79 Å². The molecular formula is C13H22N4O. The van der Waals surface area contributed by atoms with Gasteiger partial charge in [0.05, 0.1) is 0 Å². The number of carbonyl (C=O) groups excluding carboxylic acids is 1. The number of nitrogens with zero attached hydrogens (tertiary/aromatic N) is 3. The SMILES string of the molecule is CC(C)N1C(=O)N=C(N)C12CC1CCC(C2)N1C. The summed E-state index contributed by atoms with van der Waals surface area (Å²) >= 11 is 0. The molecule has 0 aromatic rings. The van der Waals surface area contributed by atoms with Crippen LogP contribution in [0.1, 0.15) is 39.5 Å². The van der Waals surface area contributed by atoms with Gasteiger partial charge in [-0.2, -0.15) is 4.99 Å². The highest BCUT2D eigenvalue weighted by molar-refractivity contribution is 6.06. The summed E-state index contributed by atoms with van der Waals surface area (Å²) in [5.41, 5.74) is 5.83. The first-order chi connectivity index (χ1) is 8.45. The number of piperidine rings is 1. The Morgan fingerprint density at radius 2 is 1.89 bits per heavy atom. The van der Waals surface area contributed by atoms with Crippen LogP contribution in [0, 0.1) is 0 Å². The highest BCUT2D eigenvalue weighted by Gasteiger charge is 2.56. The van der Waals surface area contributed by atoms with Crippen molar-refractivity contribution in [3.05, 3.63) is 0 Å². The number of aliphatic imine (C=N–C) groups is 1. The number of rotatable bonds is 1. The summed E-state index contributed by atoms with van der Waals surface area (Å²) in [6.07, 6.45) is 4.32. The minimum atomic E-state index is -0.302. The van der Waals surface area contributed by atoms with Crippen LogP contribution in [0.3, 0.4) is 0 Å². The standard InChI is InChI=1S/C13H22N4O/c1-8(2)17-12(18)15-11(14)13(17)6-9-4-5-10(7-13)16(9)3/h8-10H,4-7H2,1-3H3,(H2,14,15,18). The average molecular weight is 250 g/mol. The van der Waals surface area contributed by atoms with Crippen LogP contribution in [0.2, 0.25) is 0 Å². The molecule has 3 rings (SSSR count). The van der Waals surface area contributed by atoms with E-state index in [1.54, 1.807) is 0 Å². The smallest absolute Gasteiger partial charge is 0.346 e. The number of hydrogen-bond acceptors (Lipinski definition) is 3. The van der Waals surface area contributed by atoms with E-state index in [4.69, 9.17) is 5.73 Å². The van der Waals surface area contributed by atoms with Crippen molar-refractivity contribution in [2.45, 2.75) is 63.2 Å². The molecule has 5 nitrogen and oxygen atoms in total. The van der Waals surface area contributed by atoms with Crippen LogP contribution in [-0.4, -0.2) is 52.4 Å². The van der Waals surface area contributed by atoms with Crippen LogP contribution in [0.25, 0.3) is 0 Å². The van der Waals surface area contributed by atoms with Gasteiger partial charge in [-0.15, -0.1) is 0 Å². The predicted octanol–water partition coefficient (Wildman–Crippen LogP) is 1.18. The van der Waals surface area contributed by atoms with Crippen molar-refractivity contribution in [2.24, 2.45) is 10.7 Å². The van der Waals surface area contributed by atoms with Gasteiger partial charge in [-0.25, -0.2) is 4.79 Å². The molecule has 5 heteroatoms. The maximum atomic E-state index is 12.1. The first kappa shape index (κ1) is 12.0. The minimum absolute atomic E-state index is 0.147. The Morgan fingerprint density at radius 3 is 2.39 bits per heavy atom. The average Bonchev–Trinajstić information content (AvgIpc) is 2.64. The zero-order valence-electron chi connectivity index (χ0n) is 11.4. The van der Waals surface area contributed by atoms with Crippen LogP contribution < -0.4 is 5.73 Å². The largest absolute Gasteiger partial charge is 0.385 e. The molecule has 0 aromatic heterocycles. The van der Waals surface area contributed by atoms with Crippen LogP contribution >= 0.6 is 0 Å². The maximum absolute atomic E-state index is 12.1. The Bertz CT molecular complexity index is 403. The normalized spacial score (nSPS) is 40.1. The number of amidine groups is 1. The number of nitrogens with two attached hydrogens (primary N) is 1. The van der Waals surface area contributed by atoms with E-state index in [-0.39, 0.29) is 17.6 Å². The number of carbonyl (C=O) groups is 1. The van der Waals surface area contributed by atoms with Gasteiger partial charge in [-0.3, -0.25) is 0 Å². The van der Waals surface area contributed by atoms with Crippen molar-refractivity contribution in [1.29, 1.82) is 0 Å². The lowest BCUT2D eigenvalue weighted by atomic mass is 9.80. The summed E-state index contributed by atoms with van der Waals surface area (Å²) < 4.78 is 0. The molecule has 100 valence electrons. The van der Waals surface area contributed by atoms with Gasteiger partial charge in [0.2, 0.25) is 0 Å². The molecule has 0 radical (unpaired) electrons. The molecule has 0 aliphatic carbocycles. The van der Waals surface area contributed by atoms with Gasteiger partial charge in [-0.05, 0) is 46.6 Å². The summed E-state index contributed by atoms with van der Waals surface area (Å²) in [7, 11) is 2.19. The molecule has 0 saturated carbocycles. The minimum Gasteiger partial charge on any atom is -0.385 e. The van der Waals surface area contributed by atoms with Crippen LogP contribution in [0.15, 0.2) is 4.99 Å². The van der Waals surface area contributed by atoms with E-state index >= 15 is 0 Å². The molecule has 0 aromatic carbocycles. The third-order valence-corrected chi connectivity index (χ3v) is 5.01. The molecule has 3 aliphatic heterocycles. The van der Waals surface area contributed by atoms with Crippen molar-refractivity contribution in [3.8, 4) is 0 Å². The lowest BCUT2D eigenvalue weighted by Gasteiger charge is -2.48. The molecule has 2 bridgehead atoms. The second-order valence-electron chi connectivity index (χ2n) is 6.23. The van der Waals surface area contributed by atoms with Crippen molar-refractivity contribution in [1.82, 2.24) is 9.80 Å². The Balaban J connectivity index is 1.99. The molecule has 2 amide bonds. The van der Waals surface area contributed by atoms with Gasteiger partial charge in [0, 0.05) is 18.1 Å². The van der Waals surface area contributed by atoms with Crippen molar-refractivity contribution in [2.75, 3.05) is 7.05 Å². The number of hydrogen-bond donors (Lipinski definition) is 1. The van der Waals surface area contributed by atoms with Gasteiger partial charge >= 0.3 is 6.03 Å². The molecule has 18 heavy (non-hydrogen) atoms. The van der Waals surface area contributed by atoms with Crippen molar-refractivity contribution >= 4 is 11.9 Å². The van der Waals surface area contributed by atoms with E-state index in [0.29, 0.717) is 17.9 Å². The van der Waals surface area contributed by atoms with Crippen LogP contribution in [-0.2, 0) is 0 Å². The van der Waals surface area contributed by atoms with Gasteiger partial charge in [0.25, 0.3) is 0 Å². The number of fused-ring (bicyclic) bond motifs is 2. The second kappa shape index (κ2) is 3.70. The molecular weight excluding hydrogens is 228 g/mol. The zero-order valence-corrected chi connectivity index (χ0v) is 11.4. The van der Waals surface area contributed by atoms with Crippen LogP contribution in [0.5, 0.6) is 0 Å². The molecule has 1 spiro atoms. The third-order valence-electron chi connectivity index (χ3n) is 5.01. The number of urea groups is 1. The van der Waals surface area contributed by atoms with E-state index in [0.717, 1.165) is 12.8 Å². The van der Waals surface area contributed by atoms with E-state index in [1.165, 1.54) is 12.8 Å². The van der Waals surface area contributed by atoms with E-state index in [2.05, 4.69) is 16.9 Å². The number of amides is 2. The Labute approximate surface area is 108 Å². The highest BCUT2D eigenvalue weighted by Crippen LogP contribution is 2.45. The summed E-state index contributed by atoms with van der Waals surface area (Å²) in [5.74, 6) is 0.547. The van der Waals surface area contributed by atoms with Gasteiger partial charge in [0.1, 0.15) is 11.4 Å². The van der Waals surface area contributed by atoms with Crippen LogP contribution in [0.4, 0.5) is 4.79 Å². The summed E-state index contributed by atoms with van der Waals surface area (Å²) in [6, 6.07) is 1.10. The third kappa shape index (κ3) is 1.37. The lowest BCUT2D eigenvalue weighted by molar-refractivity contribution is 0.0546. The van der Waals surface area contributed by atoms with Gasteiger partial charge < -0.3 is 15.5 Å². The topological polar surface area (TPSA) is 61.9 Å². The second-order valence-corrected chi connectivity index (χ2v) is 6.23. The van der Waals surface area contributed by atoms with Crippen molar-refractivity contribution < 1.29 is 4.79 Å². The molecule has 2 atom stereocenters. The van der Waals surface area contributed by atoms with Gasteiger partial charge in [0.15, 0.2) is 0 Å². The first-order valence-electron chi connectivity index (χ1n) is 6.85. The summed E-state index contributed by atoms with van der Waals surface area (Å²) in [4.78, 5) is 20.5. The molecule has 3 aliphatic rings. The highest BCUT2D eigenvalue weighted by atomic mass is 16.2. The predicted molar refractivity (Wildman–Crippen MR) is 70.5 cm³/mol. The molecule has 2 unspecified atom stereocenters. The Kier molecular flexibility index (Phi) is 2.46. The van der Waals surface area contributed by atoms with E-state index < -0.39 is 0 Å².